The molecule has 4 aromatic rings. The number of H-pyrrole nitrogens is 1. The molecule has 3 aromatic heterocycles. The van der Waals surface area contributed by atoms with Crippen LogP contribution in [-0.2, 0) is 0 Å². The van der Waals surface area contributed by atoms with E-state index in [1.807, 2.05) is 0 Å². The molecular weight excluding hydrogens is 349 g/mol. The van der Waals surface area contributed by atoms with Crippen molar-refractivity contribution in [3.8, 4) is 11.4 Å². The van der Waals surface area contributed by atoms with Gasteiger partial charge in [0.25, 0.3) is 0 Å². The number of hydrogen-bond donors (Lipinski definition) is 2. The summed E-state index contributed by atoms with van der Waals surface area (Å²) in [6.07, 6.45) is 4.50. The summed E-state index contributed by atoms with van der Waals surface area (Å²) in [6, 6.07) is 7.01. The minimum Gasteiger partial charge on any atom is -0.333 e. The van der Waals surface area contributed by atoms with Crippen molar-refractivity contribution in [2.24, 2.45) is 0 Å². The van der Waals surface area contributed by atoms with Crippen molar-refractivity contribution in [2.45, 2.75) is 0 Å². The Bertz CT molecular complexity index is 997. The number of fused-ring (bicyclic) bond motifs is 1. The van der Waals surface area contributed by atoms with Crippen LogP contribution >= 0.6 is 23.2 Å². The fourth-order valence-corrected chi connectivity index (χ4v) is 2.83. The van der Waals surface area contributed by atoms with Gasteiger partial charge in [-0.2, -0.15) is 0 Å². The van der Waals surface area contributed by atoms with Gasteiger partial charge >= 0.3 is 0 Å². The molecule has 1 aromatic carbocycles. The lowest BCUT2D eigenvalue weighted by molar-refractivity contribution is 1.15. The summed E-state index contributed by atoms with van der Waals surface area (Å²) < 4.78 is 0. The van der Waals surface area contributed by atoms with Gasteiger partial charge in [0.15, 0.2) is 11.5 Å². The zero-order valence-corrected chi connectivity index (χ0v) is 13.5. The molecule has 9 heteroatoms. The lowest BCUT2D eigenvalue weighted by Gasteiger charge is -2.04. The number of nitrogens with zero attached hydrogens (tertiary/aromatic N) is 5. The number of aromatic amines is 1. The first-order valence-electron chi connectivity index (χ1n) is 6.90. The summed E-state index contributed by atoms with van der Waals surface area (Å²) in [5.41, 5.74) is 1.74. The average Bonchev–Trinajstić information content (AvgIpc) is 3.00. The van der Waals surface area contributed by atoms with Crippen LogP contribution in [0, 0.1) is 0 Å². The number of hydrogen-bond acceptors (Lipinski definition) is 6. The number of rotatable bonds is 3. The number of benzene rings is 1. The molecule has 24 heavy (non-hydrogen) atoms. The van der Waals surface area contributed by atoms with E-state index in [1.54, 1.807) is 30.5 Å². The molecule has 0 unspecified atom stereocenters. The Morgan fingerprint density at radius 1 is 0.958 bits per heavy atom. The van der Waals surface area contributed by atoms with Crippen LogP contribution in [0.4, 0.5) is 11.6 Å². The van der Waals surface area contributed by atoms with E-state index in [2.05, 4.69) is 35.2 Å². The van der Waals surface area contributed by atoms with Gasteiger partial charge < -0.3 is 10.3 Å². The Morgan fingerprint density at radius 3 is 2.54 bits per heavy atom. The molecule has 3 heterocycles. The van der Waals surface area contributed by atoms with Crippen LogP contribution in [0.5, 0.6) is 0 Å². The zero-order chi connectivity index (χ0) is 16.5. The second kappa shape index (κ2) is 6.03. The molecule has 0 radical (unpaired) electrons. The number of halogens is 2. The Morgan fingerprint density at radius 2 is 1.79 bits per heavy atom. The first kappa shape index (κ1) is 14.8. The van der Waals surface area contributed by atoms with E-state index < -0.39 is 0 Å². The maximum atomic E-state index is 6.25. The third-order valence-corrected chi connectivity index (χ3v) is 3.95. The van der Waals surface area contributed by atoms with Crippen LogP contribution in [0.1, 0.15) is 0 Å². The quantitative estimate of drug-likeness (QED) is 0.578. The van der Waals surface area contributed by atoms with Crippen LogP contribution in [-0.4, -0.2) is 29.9 Å². The molecule has 118 valence electrons. The topological polar surface area (TPSA) is 92.3 Å². The largest absolute Gasteiger partial charge is 0.333 e. The van der Waals surface area contributed by atoms with Gasteiger partial charge in [-0.1, -0.05) is 29.3 Å². The summed E-state index contributed by atoms with van der Waals surface area (Å²) >= 11 is 12.5. The smallest absolute Gasteiger partial charge is 0.183 e. The van der Waals surface area contributed by atoms with Gasteiger partial charge in [0, 0.05) is 6.20 Å². The van der Waals surface area contributed by atoms with E-state index in [4.69, 9.17) is 23.2 Å². The molecular formula is C15H9Cl2N7. The number of anilines is 2. The molecule has 0 aliphatic heterocycles. The Balaban J connectivity index is 1.83. The molecule has 0 saturated carbocycles. The Hall–Kier alpha value is -2.77. The highest BCUT2D eigenvalue weighted by Gasteiger charge is 2.15. The lowest BCUT2D eigenvalue weighted by Crippen LogP contribution is -1.97. The summed E-state index contributed by atoms with van der Waals surface area (Å²) in [5.74, 6) is 1.67. The normalized spacial score (nSPS) is 10.9. The van der Waals surface area contributed by atoms with E-state index in [9.17, 15) is 0 Å². The lowest BCUT2D eigenvalue weighted by atomic mass is 10.2. The van der Waals surface area contributed by atoms with Crippen LogP contribution in [0.3, 0.4) is 0 Å². The van der Waals surface area contributed by atoms with E-state index in [0.29, 0.717) is 44.2 Å². The zero-order valence-electron chi connectivity index (χ0n) is 12.0. The van der Waals surface area contributed by atoms with Crippen LogP contribution in [0.2, 0.25) is 10.0 Å². The van der Waals surface area contributed by atoms with Gasteiger partial charge in [0.2, 0.25) is 0 Å². The molecule has 0 amide bonds. The van der Waals surface area contributed by atoms with E-state index in [1.165, 1.54) is 12.7 Å². The van der Waals surface area contributed by atoms with Crippen molar-refractivity contribution in [1.82, 2.24) is 29.9 Å². The van der Waals surface area contributed by atoms with Gasteiger partial charge in [0.05, 0.1) is 15.6 Å². The third kappa shape index (κ3) is 2.64. The predicted octanol–water partition coefficient (Wildman–Crippen LogP) is 3.86. The van der Waals surface area contributed by atoms with Gasteiger partial charge in [-0.3, -0.25) is 0 Å². The SMILES string of the molecule is Clc1cccc(Cl)c1-c1nc2ncnc(Nc3ccncn3)c2[nH]1. The second-order valence-electron chi connectivity index (χ2n) is 4.82. The summed E-state index contributed by atoms with van der Waals surface area (Å²) in [7, 11) is 0. The minimum atomic E-state index is 0.493. The highest BCUT2D eigenvalue weighted by Crippen LogP contribution is 2.34. The van der Waals surface area contributed by atoms with Crippen molar-refractivity contribution in [2.75, 3.05) is 5.32 Å². The van der Waals surface area contributed by atoms with Crippen molar-refractivity contribution >= 4 is 46.0 Å². The van der Waals surface area contributed by atoms with Crippen molar-refractivity contribution in [3.05, 3.63) is 53.2 Å². The van der Waals surface area contributed by atoms with Crippen molar-refractivity contribution < 1.29 is 0 Å². The first-order valence-corrected chi connectivity index (χ1v) is 7.66. The molecule has 0 saturated heterocycles. The van der Waals surface area contributed by atoms with Crippen LogP contribution < -0.4 is 5.32 Å². The average molecular weight is 358 g/mol. The second-order valence-corrected chi connectivity index (χ2v) is 5.64. The third-order valence-electron chi connectivity index (χ3n) is 3.32. The maximum absolute atomic E-state index is 6.25. The van der Waals surface area contributed by atoms with Gasteiger partial charge in [-0.05, 0) is 18.2 Å². The Kier molecular flexibility index (Phi) is 3.72. The molecule has 4 rings (SSSR count). The molecule has 2 N–H and O–H groups in total. The van der Waals surface area contributed by atoms with E-state index in [0.717, 1.165) is 0 Å². The van der Waals surface area contributed by atoms with Gasteiger partial charge in [-0.25, -0.2) is 24.9 Å². The molecule has 7 nitrogen and oxygen atoms in total. The standard InChI is InChI=1S/C15H9Cl2N7/c16-8-2-1-3-9(17)11(8)13-23-12-14(20-7-21-15(12)24-13)22-10-4-5-18-6-19-10/h1-7H,(H2,18,19,20,21,22,23,24). The van der Waals surface area contributed by atoms with Crippen LogP contribution in [0.15, 0.2) is 43.1 Å². The monoisotopic (exact) mass is 357 g/mol. The summed E-state index contributed by atoms with van der Waals surface area (Å²) in [6.45, 7) is 0. The molecule has 0 aliphatic carbocycles. The van der Waals surface area contributed by atoms with Gasteiger partial charge in [0.1, 0.15) is 29.8 Å². The van der Waals surface area contributed by atoms with E-state index >= 15 is 0 Å². The molecule has 0 aliphatic rings. The van der Waals surface area contributed by atoms with Crippen LogP contribution in [0.25, 0.3) is 22.6 Å². The summed E-state index contributed by atoms with van der Waals surface area (Å²) in [5, 5.41) is 4.10. The van der Waals surface area contributed by atoms with E-state index in [-0.39, 0.29) is 0 Å². The fourth-order valence-electron chi connectivity index (χ4n) is 2.25. The highest BCUT2D eigenvalue weighted by atomic mass is 35.5. The number of aromatic nitrogens is 6. The summed E-state index contributed by atoms with van der Waals surface area (Å²) in [4.78, 5) is 24.0. The van der Waals surface area contributed by atoms with Crippen molar-refractivity contribution in [3.63, 3.8) is 0 Å². The molecule has 0 atom stereocenters. The van der Waals surface area contributed by atoms with Gasteiger partial charge in [-0.15, -0.1) is 0 Å². The predicted molar refractivity (Wildman–Crippen MR) is 92.5 cm³/mol. The minimum absolute atomic E-state index is 0.493. The maximum Gasteiger partial charge on any atom is 0.183 e. The molecule has 0 bridgehead atoms. The molecule has 0 spiro atoms. The number of nitrogens with one attached hydrogen (secondary N) is 2. The highest BCUT2D eigenvalue weighted by molar-refractivity contribution is 6.39. The first-order chi connectivity index (χ1) is 11.7. The molecule has 0 fully saturated rings. The van der Waals surface area contributed by atoms with Crippen molar-refractivity contribution in [1.29, 1.82) is 0 Å². The Labute approximate surface area is 146 Å². The fraction of sp³-hybridized carbons (Fsp3) is 0. The number of imidazole rings is 1.